The van der Waals surface area contributed by atoms with E-state index in [1.807, 2.05) is 13.8 Å². The van der Waals surface area contributed by atoms with Gasteiger partial charge in [-0.05, 0) is 18.1 Å². The molecule has 2 heterocycles. The van der Waals surface area contributed by atoms with Crippen LogP contribution < -0.4 is 5.32 Å². The van der Waals surface area contributed by atoms with E-state index in [0.29, 0.717) is 11.3 Å². The van der Waals surface area contributed by atoms with E-state index < -0.39 is 5.97 Å². The van der Waals surface area contributed by atoms with Crippen molar-refractivity contribution >= 4 is 28.3 Å². The molecule has 7 heteroatoms. The van der Waals surface area contributed by atoms with Crippen LogP contribution >= 0.6 is 11.3 Å². The molecule has 0 aliphatic rings. The lowest BCUT2D eigenvalue weighted by atomic mass is 10.1. The Labute approximate surface area is 119 Å². The zero-order chi connectivity index (χ0) is 14.7. The highest BCUT2D eigenvalue weighted by Crippen LogP contribution is 2.28. The summed E-state index contributed by atoms with van der Waals surface area (Å²) < 4.78 is 0. The first kappa shape index (κ1) is 14.1. The van der Waals surface area contributed by atoms with Gasteiger partial charge in [0.1, 0.15) is 4.88 Å². The lowest BCUT2D eigenvalue weighted by molar-refractivity contribution is 0.0700. The molecule has 1 amide bonds. The molecule has 0 bridgehead atoms. The lowest BCUT2D eigenvalue weighted by Gasteiger charge is -2.01. The van der Waals surface area contributed by atoms with Gasteiger partial charge in [-0.2, -0.15) is 0 Å². The Kier molecular flexibility index (Phi) is 4.09. The summed E-state index contributed by atoms with van der Waals surface area (Å²) in [4.78, 5) is 31.3. The summed E-state index contributed by atoms with van der Waals surface area (Å²) in [7, 11) is 0. The maximum Gasteiger partial charge on any atom is 0.347 e. The highest BCUT2D eigenvalue weighted by atomic mass is 32.1. The molecule has 20 heavy (non-hydrogen) atoms. The van der Waals surface area contributed by atoms with Crippen LogP contribution in [0.3, 0.4) is 0 Å². The number of carboxylic acid groups (broad SMARTS) is 1. The number of carbonyl (C=O) groups excluding carboxylic acids is 1. The van der Waals surface area contributed by atoms with Crippen LogP contribution in [0.1, 0.15) is 45.5 Å². The number of carbonyl (C=O) groups is 2. The number of nitrogens with one attached hydrogen (secondary N) is 1. The standard InChI is InChI=1S/C13H13N3O3S/c1-7(2)9-10(12(18)19)20-13(15-9)16-11(17)8-4-3-5-14-6-8/h3-7H,1-2H3,(H,18,19)(H,15,16,17). The molecule has 104 valence electrons. The first-order chi connectivity index (χ1) is 9.49. The molecular weight excluding hydrogens is 278 g/mol. The largest absolute Gasteiger partial charge is 0.477 e. The number of amides is 1. The summed E-state index contributed by atoms with van der Waals surface area (Å²) in [5.41, 5.74) is 0.870. The number of anilines is 1. The molecule has 0 aliphatic heterocycles. The van der Waals surface area contributed by atoms with Crippen molar-refractivity contribution < 1.29 is 14.7 Å². The quantitative estimate of drug-likeness (QED) is 0.903. The fourth-order valence-electron chi connectivity index (χ4n) is 1.60. The number of nitrogens with zero attached hydrogens (tertiary/aromatic N) is 2. The van der Waals surface area contributed by atoms with Gasteiger partial charge in [0.05, 0.1) is 11.3 Å². The Hall–Kier alpha value is -2.28. The second-order valence-corrected chi connectivity index (χ2v) is 5.39. The van der Waals surface area contributed by atoms with E-state index in [2.05, 4.69) is 15.3 Å². The van der Waals surface area contributed by atoms with Gasteiger partial charge in [-0.25, -0.2) is 9.78 Å². The van der Waals surface area contributed by atoms with Gasteiger partial charge in [-0.15, -0.1) is 0 Å². The van der Waals surface area contributed by atoms with Crippen molar-refractivity contribution in [2.75, 3.05) is 5.32 Å². The first-order valence-electron chi connectivity index (χ1n) is 5.94. The van der Waals surface area contributed by atoms with Crippen LogP contribution in [0.5, 0.6) is 0 Å². The Morgan fingerprint density at radius 1 is 1.40 bits per heavy atom. The molecule has 0 saturated heterocycles. The van der Waals surface area contributed by atoms with Crippen LogP contribution in [0.4, 0.5) is 5.13 Å². The van der Waals surface area contributed by atoms with E-state index >= 15 is 0 Å². The van der Waals surface area contributed by atoms with Crippen molar-refractivity contribution in [2.45, 2.75) is 19.8 Å². The van der Waals surface area contributed by atoms with Crippen molar-refractivity contribution in [3.63, 3.8) is 0 Å². The van der Waals surface area contributed by atoms with E-state index in [1.54, 1.807) is 18.3 Å². The number of hydrogen-bond donors (Lipinski definition) is 2. The van der Waals surface area contributed by atoms with Gasteiger partial charge >= 0.3 is 5.97 Å². The van der Waals surface area contributed by atoms with E-state index in [1.165, 1.54) is 6.20 Å². The third-order valence-electron chi connectivity index (χ3n) is 2.54. The topological polar surface area (TPSA) is 92.2 Å². The maximum absolute atomic E-state index is 11.9. The first-order valence-corrected chi connectivity index (χ1v) is 6.76. The maximum atomic E-state index is 11.9. The second kappa shape index (κ2) is 5.79. The molecule has 0 radical (unpaired) electrons. The van der Waals surface area contributed by atoms with E-state index in [-0.39, 0.29) is 21.8 Å². The van der Waals surface area contributed by atoms with E-state index in [4.69, 9.17) is 5.11 Å². The van der Waals surface area contributed by atoms with Gasteiger partial charge in [0.2, 0.25) is 0 Å². The summed E-state index contributed by atoms with van der Waals surface area (Å²) in [6.07, 6.45) is 3.00. The number of rotatable bonds is 4. The molecule has 2 aromatic rings. The Morgan fingerprint density at radius 2 is 2.15 bits per heavy atom. The average Bonchev–Trinajstić information content (AvgIpc) is 2.84. The molecule has 0 unspecified atom stereocenters. The highest BCUT2D eigenvalue weighted by Gasteiger charge is 2.20. The van der Waals surface area contributed by atoms with Crippen LogP contribution in [-0.4, -0.2) is 27.0 Å². The van der Waals surface area contributed by atoms with E-state index in [0.717, 1.165) is 11.3 Å². The predicted molar refractivity (Wildman–Crippen MR) is 75.4 cm³/mol. The number of carboxylic acids is 1. The summed E-state index contributed by atoms with van der Waals surface area (Å²) >= 11 is 0.956. The molecule has 0 fully saturated rings. The minimum absolute atomic E-state index is 0.0265. The number of hydrogen-bond acceptors (Lipinski definition) is 5. The number of aromatic nitrogens is 2. The predicted octanol–water partition coefficient (Wildman–Crippen LogP) is 2.61. The van der Waals surface area contributed by atoms with E-state index in [9.17, 15) is 9.59 Å². The minimum Gasteiger partial charge on any atom is -0.477 e. The summed E-state index contributed by atoms with van der Waals surface area (Å²) in [6.45, 7) is 3.71. The van der Waals surface area contributed by atoms with Crippen molar-refractivity contribution in [2.24, 2.45) is 0 Å². The van der Waals surface area contributed by atoms with Crippen molar-refractivity contribution in [1.29, 1.82) is 0 Å². The van der Waals surface area contributed by atoms with Crippen LogP contribution in [0.2, 0.25) is 0 Å². The molecule has 0 aliphatic carbocycles. The summed E-state index contributed by atoms with van der Waals surface area (Å²) in [5, 5.41) is 12.0. The van der Waals surface area contributed by atoms with Gasteiger partial charge in [-0.1, -0.05) is 25.2 Å². The van der Waals surface area contributed by atoms with Crippen molar-refractivity contribution in [3.05, 3.63) is 40.7 Å². The molecule has 6 nitrogen and oxygen atoms in total. The zero-order valence-electron chi connectivity index (χ0n) is 11.0. The number of pyridine rings is 1. The SMILES string of the molecule is CC(C)c1nc(NC(=O)c2cccnc2)sc1C(=O)O. The fraction of sp³-hybridized carbons (Fsp3) is 0.231. The second-order valence-electron chi connectivity index (χ2n) is 4.39. The Morgan fingerprint density at radius 3 is 2.65 bits per heavy atom. The fourth-order valence-corrected chi connectivity index (χ4v) is 2.55. The summed E-state index contributed by atoms with van der Waals surface area (Å²) in [6, 6.07) is 3.27. The summed E-state index contributed by atoms with van der Waals surface area (Å²) in [5.74, 6) is -1.42. The van der Waals surface area contributed by atoms with Gasteiger partial charge < -0.3 is 5.11 Å². The molecule has 2 rings (SSSR count). The molecule has 2 N–H and O–H groups in total. The highest BCUT2D eigenvalue weighted by molar-refractivity contribution is 7.17. The minimum atomic E-state index is -1.03. The van der Waals surface area contributed by atoms with Gasteiger partial charge in [0, 0.05) is 12.4 Å². The molecule has 2 aromatic heterocycles. The number of aromatic carboxylic acids is 1. The molecule has 0 saturated carbocycles. The van der Waals surface area contributed by atoms with Gasteiger partial charge in [-0.3, -0.25) is 15.1 Å². The zero-order valence-corrected chi connectivity index (χ0v) is 11.8. The van der Waals surface area contributed by atoms with Crippen molar-refractivity contribution in [3.8, 4) is 0 Å². The third kappa shape index (κ3) is 3.00. The van der Waals surface area contributed by atoms with Crippen LogP contribution in [0.15, 0.2) is 24.5 Å². The van der Waals surface area contributed by atoms with Crippen LogP contribution in [0, 0.1) is 0 Å². The number of thiazole rings is 1. The van der Waals surface area contributed by atoms with Crippen LogP contribution in [-0.2, 0) is 0 Å². The lowest BCUT2D eigenvalue weighted by Crippen LogP contribution is -2.11. The Balaban J connectivity index is 2.24. The smallest absolute Gasteiger partial charge is 0.347 e. The van der Waals surface area contributed by atoms with Crippen LogP contribution in [0.25, 0.3) is 0 Å². The molecule has 0 aromatic carbocycles. The normalized spacial score (nSPS) is 10.6. The molecule has 0 atom stereocenters. The monoisotopic (exact) mass is 291 g/mol. The Bertz CT molecular complexity index is 638. The molecule has 0 spiro atoms. The van der Waals surface area contributed by atoms with Crippen molar-refractivity contribution in [1.82, 2.24) is 9.97 Å². The average molecular weight is 291 g/mol. The molecular formula is C13H13N3O3S. The third-order valence-corrected chi connectivity index (χ3v) is 3.51. The van der Waals surface area contributed by atoms with Gasteiger partial charge in [0.25, 0.3) is 5.91 Å². The van der Waals surface area contributed by atoms with Gasteiger partial charge in [0.15, 0.2) is 5.13 Å².